The number of hydrogen-bond acceptors (Lipinski definition) is 3. The second-order valence-corrected chi connectivity index (χ2v) is 4.77. The Hall–Kier alpha value is -2.11. The lowest BCUT2D eigenvalue weighted by Crippen LogP contribution is -2.38. The van der Waals surface area contributed by atoms with Crippen LogP contribution in [-0.2, 0) is 6.54 Å². The van der Waals surface area contributed by atoms with Crippen LogP contribution in [0.4, 0.5) is 4.79 Å². The first-order chi connectivity index (χ1) is 8.90. The number of urea groups is 1. The van der Waals surface area contributed by atoms with Crippen LogP contribution in [0.3, 0.4) is 0 Å². The molecule has 104 valence electrons. The topological polar surface area (TPSA) is 82.5 Å². The standard InChI is InChI=1S/C13H19N3O3/c1-9(2)8-16(3)13(19)15-7-11-6-10(12(17)18)4-5-14-11/h4-6,9H,7-8H2,1-3H3,(H,15,19)(H,17,18). The van der Waals surface area contributed by atoms with Crippen molar-refractivity contribution >= 4 is 12.0 Å². The molecule has 1 aromatic heterocycles. The van der Waals surface area contributed by atoms with Crippen LogP contribution >= 0.6 is 0 Å². The first-order valence-electron chi connectivity index (χ1n) is 6.07. The molecule has 6 nitrogen and oxygen atoms in total. The van der Waals surface area contributed by atoms with E-state index in [4.69, 9.17) is 5.11 Å². The van der Waals surface area contributed by atoms with Crippen molar-refractivity contribution in [3.05, 3.63) is 29.6 Å². The molecule has 0 saturated heterocycles. The maximum Gasteiger partial charge on any atom is 0.335 e. The summed E-state index contributed by atoms with van der Waals surface area (Å²) in [7, 11) is 1.72. The van der Waals surface area contributed by atoms with Gasteiger partial charge in [-0.25, -0.2) is 9.59 Å². The number of nitrogens with one attached hydrogen (secondary N) is 1. The summed E-state index contributed by atoms with van der Waals surface area (Å²) in [5, 5.41) is 11.6. The van der Waals surface area contributed by atoms with Crippen molar-refractivity contribution in [3.63, 3.8) is 0 Å². The van der Waals surface area contributed by atoms with Crippen LogP contribution in [0.1, 0.15) is 29.9 Å². The highest BCUT2D eigenvalue weighted by molar-refractivity contribution is 5.87. The number of hydrogen-bond donors (Lipinski definition) is 2. The van der Waals surface area contributed by atoms with Gasteiger partial charge in [0.05, 0.1) is 17.8 Å². The van der Waals surface area contributed by atoms with Gasteiger partial charge < -0.3 is 15.3 Å². The van der Waals surface area contributed by atoms with E-state index in [0.717, 1.165) is 0 Å². The van der Waals surface area contributed by atoms with E-state index in [1.165, 1.54) is 18.3 Å². The summed E-state index contributed by atoms with van der Waals surface area (Å²) in [6, 6.07) is 2.67. The van der Waals surface area contributed by atoms with Gasteiger partial charge in [-0.2, -0.15) is 0 Å². The van der Waals surface area contributed by atoms with Gasteiger partial charge in [0.25, 0.3) is 0 Å². The fourth-order valence-electron chi connectivity index (χ4n) is 1.64. The molecule has 1 rings (SSSR count). The van der Waals surface area contributed by atoms with Crippen molar-refractivity contribution in [3.8, 4) is 0 Å². The number of carbonyl (C=O) groups is 2. The highest BCUT2D eigenvalue weighted by Gasteiger charge is 2.10. The molecule has 0 radical (unpaired) electrons. The molecule has 19 heavy (non-hydrogen) atoms. The quantitative estimate of drug-likeness (QED) is 0.846. The number of pyridine rings is 1. The molecule has 2 N–H and O–H groups in total. The Morgan fingerprint density at radius 2 is 2.16 bits per heavy atom. The number of amides is 2. The Morgan fingerprint density at radius 3 is 2.74 bits per heavy atom. The SMILES string of the molecule is CC(C)CN(C)C(=O)NCc1cc(C(=O)O)ccn1. The summed E-state index contributed by atoms with van der Waals surface area (Å²) in [6.07, 6.45) is 1.42. The largest absolute Gasteiger partial charge is 0.478 e. The minimum absolute atomic E-state index is 0.162. The number of aromatic nitrogens is 1. The van der Waals surface area contributed by atoms with E-state index in [-0.39, 0.29) is 18.1 Å². The van der Waals surface area contributed by atoms with Crippen molar-refractivity contribution < 1.29 is 14.7 Å². The summed E-state index contributed by atoms with van der Waals surface area (Å²) >= 11 is 0. The summed E-state index contributed by atoms with van der Waals surface area (Å²) in [6.45, 7) is 4.93. The lowest BCUT2D eigenvalue weighted by atomic mass is 10.2. The van der Waals surface area contributed by atoms with Gasteiger partial charge in [-0.1, -0.05) is 13.8 Å². The molecule has 0 aromatic carbocycles. The fourth-order valence-corrected chi connectivity index (χ4v) is 1.64. The average molecular weight is 265 g/mol. The second-order valence-electron chi connectivity index (χ2n) is 4.77. The van der Waals surface area contributed by atoms with Gasteiger partial charge in [-0.15, -0.1) is 0 Å². The third-order valence-corrected chi connectivity index (χ3v) is 2.47. The first-order valence-corrected chi connectivity index (χ1v) is 6.07. The highest BCUT2D eigenvalue weighted by atomic mass is 16.4. The number of rotatable bonds is 5. The van der Waals surface area contributed by atoms with Gasteiger partial charge in [-0.05, 0) is 18.1 Å². The van der Waals surface area contributed by atoms with Crippen LogP contribution in [0.5, 0.6) is 0 Å². The lowest BCUT2D eigenvalue weighted by Gasteiger charge is -2.19. The monoisotopic (exact) mass is 265 g/mol. The van der Waals surface area contributed by atoms with Gasteiger partial charge >= 0.3 is 12.0 Å². The maximum atomic E-state index is 11.7. The van der Waals surface area contributed by atoms with Gasteiger partial charge in [0.2, 0.25) is 0 Å². The van der Waals surface area contributed by atoms with E-state index < -0.39 is 5.97 Å². The molecular weight excluding hydrogens is 246 g/mol. The highest BCUT2D eigenvalue weighted by Crippen LogP contribution is 2.02. The Bertz CT molecular complexity index is 460. The number of nitrogens with zero attached hydrogens (tertiary/aromatic N) is 2. The lowest BCUT2D eigenvalue weighted by molar-refractivity contribution is 0.0696. The number of carboxylic acid groups (broad SMARTS) is 1. The number of carbonyl (C=O) groups excluding carboxylic acids is 1. The minimum Gasteiger partial charge on any atom is -0.478 e. The molecule has 0 fully saturated rings. The summed E-state index contributed by atoms with van der Waals surface area (Å²) in [5.74, 6) is -0.615. The molecule has 0 unspecified atom stereocenters. The molecule has 0 aliphatic carbocycles. The Kier molecular flexibility index (Phi) is 5.29. The number of carboxylic acids is 1. The van der Waals surface area contributed by atoms with E-state index >= 15 is 0 Å². The van der Waals surface area contributed by atoms with E-state index in [1.54, 1.807) is 11.9 Å². The van der Waals surface area contributed by atoms with Crippen molar-refractivity contribution in [1.82, 2.24) is 15.2 Å². The molecule has 0 spiro atoms. The maximum absolute atomic E-state index is 11.7. The van der Waals surface area contributed by atoms with Crippen LogP contribution in [0.15, 0.2) is 18.3 Å². The van der Waals surface area contributed by atoms with Crippen LogP contribution in [0.2, 0.25) is 0 Å². The molecule has 0 aliphatic rings. The third kappa shape index (κ3) is 4.95. The van der Waals surface area contributed by atoms with Gasteiger partial charge in [0.1, 0.15) is 0 Å². The minimum atomic E-state index is -1.01. The molecule has 1 aromatic rings. The van der Waals surface area contributed by atoms with Crippen LogP contribution < -0.4 is 5.32 Å². The van der Waals surface area contributed by atoms with E-state index in [2.05, 4.69) is 10.3 Å². The third-order valence-electron chi connectivity index (χ3n) is 2.47. The first kappa shape index (κ1) is 14.9. The van der Waals surface area contributed by atoms with E-state index in [1.807, 2.05) is 13.8 Å². The predicted octanol–water partition coefficient (Wildman–Crippen LogP) is 1.58. The van der Waals surface area contributed by atoms with Crippen molar-refractivity contribution in [2.45, 2.75) is 20.4 Å². The van der Waals surface area contributed by atoms with Crippen LogP contribution in [-0.4, -0.2) is 40.6 Å². The normalized spacial score (nSPS) is 10.3. The Morgan fingerprint density at radius 1 is 1.47 bits per heavy atom. The van der Waals surface area contributed by atoms with Crippen molar-refractivity contribution in [2.75, 3.05) is 13.6 Å². The zero-order valence-electron chi connectivity index (χ0n) is 11.4. The summed E-state index contributed by atoms with van der Waals surface area (Å²) in [5.41, 5.74) is 0.681. The summed E-state index contributed by atoms with van der Waals surface area (Å²) < 4.78 is 0. The average Bonchev–Trinajstić information content (AvgIpc) is 2.35. The fraction of sp³-hybridized carbons (Fsp3) is 0.462. The molecule has 0 aliphatic heterocycles. The van der Waals surface area contributed by atoms with Gasteiger partial charge in [0, 0.05) is 19.8 Å². The molecule has 0 atom stereocenters. The van der Waals surface area contributed by atoms with E-state index in [0.29, 0.717) is 18.2 Å². The Balaban J connectivity index is 2.54. The van der Waals surface area contributed by atoms with Crippen LogP contribution in [0.25, 0.3) is 0 Å². The molecule has 1 heterocycles. The zero-order chi connectivity index (χ0) is 14.4. The molecular formula is C13H19N3O3. The predicted molar refractivity (Wildman–Crippen MR) is 70.9 cm³/mol. The smallest absolute Gasteiger partial charge is 0.335 e. The molecule has 6 heteroatoms. The van der Waals surface area contributed by atoms with Crippen molar-refractivity contribution in [2.24, 2.45) is 5.92 Å². The molecule has 0 saturated carbocycles. The Labute approximate surface area is 112 Å². The van der Waals surface area contributed by atoms with E-state index in [9.17, 15) is 9.59 Å². The summed E-state index contributed by atoms with van der Waals surface area (Å²) in [4.78, 5) is 28.1. The van der Waals surface area contributed by atoms with Gasteiger partial charge in [-0.3, -0.25) is 4.98 Å². The molecule has 2 amide bonds. The van der Waals surface area contributed by atoms with Crippen molar-refractivity contribution in [1.29, 1.82) is 0 Å². The number of aromatic carboxylic acids is 1. The second kappa shape index (κ2) is 6.72. The van der Waals surface area contributed by atoms with Gasteiger partial charge in [0.15, 0.2) is 0 Å². The molecule has 0 bridgehead atoms. The van der Waals surface area contributed by atoms with Crippen LogP contribution in [0, 0.1) is 5.92 Å². The zero-order valence-corrected chi connectivity index (χ0v) is 11.4.